The summed E-state index contributed by atoms with van der Waals surface area (Å²) in [5.74, 6) is -0.913. The highest BCUT2D eigenvalue weighted by molar-refractivity contribution is 6.35. The lowest BCUT2D eigenvalue weighted by Gasteiger charge is -2.22. The maximum absolute atomic E-state index is 12.8. The zero-order valence-electron chi connectivity index (χ0n) is 16.0. The maximum Gasteiger partial charge on any atom is 0.310 e. The fraction of sp³-hybridized carbons (Fsp3) is 0.238. The third-order valence-electron chi connectivity index (χ3n) is 5.17. The summed E-state index contributed by atoms with van der Waals surface area (Å²) in [6.07, 6.45) is 2.61. The second kappa shape index (κ2) is 8.38. The van der Waals surface area contributed by atoms with E-state index in [9.17, 15) is 9.59 Å². The molecule has 3 aromatic rings. The van der Waals surface area contributed by atoms with E-state index in [1.54, 1.807) is 54.1 Å². The smallest absolute Gasteiger partial charge is 0.289 e. The first-order valence-corrected chi connectivity index (χ1v) is 10.6. The van der Waals surface area contributed by atoms with Crippen LogP contribution in [0.15, 0.2) is 42.5 Å². The van der Waals surface area contributed by atoms with E-state index in [2.05, 4.69) is 10.4 Å². The molecule has 6 nitrogen and oxygen atoms in total. The molecule has 30 heavy (non-hydrogen) atoms. The monoisotopic (exact) mass is 463 g/mol. The Labute approximate surface area is 188 Å². The summed E-state index contributed by atoms with van der Waals surface area (Å²) in [5.41, 5.74) is 1.93. The molecule has 1 aromatic heterocycles. The third-order valence-corrected chi connectivity index (χ3v) is 5.96. The van der Waals surface area contributed by atoms with Crippen molar-refractivity contribution in [2.24, 2.45) is 5.92 Å². The van der Waals surface area contributed by atoms with Crippen LogP contribution in [-0.4, -0.2) is 21.7 Å². The van der Waals surface area contributed by atoms with Crippen molar-refractivity contribution in [3.63, 3.8) is 0 Å². The van der Waals surface area contributed by atoms with Crippen molar-refractivity contribution in [2.75, 3.05) is 0 Å². The molecule has 154 valence electrons. The van der Waals surface area contributed by atoms with E-state index in [0.29, 0.717) is 26.4 Å². The fourth-order valence-electron chi connectivity index (χ4n) is 3.30. The fourth-order valence-corrected chi connectivity index (χ4v) is 3.91. The van der Waals surface area contributed by atoms with Crippen LogP contribution in [0.1, 0.15) is 35.4 Å². The second-order valence-electron chi connectivity index (χ2n) is 7.15. The lowest BCUT2D eigenvalue weighted by Crippen LogP contribution is -2.43. The Morgan fingerprint density at radius 1 is 1.07 bits per heavy atom. The number of carbonyl (C=O) groups is 2. The van der Waals surface area contributed by atoms with Crippen LogP contribution in [0.5, 0.6) is 0 Å². The van der Waals surface area contributed by atoms with Gasteiger partial charge < -0.3 is 0 Å². The SMILES string of the molecule is Cc1c(C(=O)NC(=O)C2CCC2)nn(-c2ccc(Cl)cc2Cl)[n+]1-c1ccc(Cl)cc1. The molecular formula is C21H18Cl3N4O2+. The molecule has 1 N–H and O–H groups in total. The molecule has 0 radical (unpaired) electrons. The highest BCUT2D eigenvalue weighted by atomic mass is 35.5. The Hall–Kier alpha value is -2.41. The van der Waals surface area contributed by atoms with Gasteiger partial charge in [0.2, 0.25) is 5.91 Å². The van der Waals surface area contributed by atoms with Crippen LogP contribution in [0.4, 0.5) is 0 Å². The third kappa shape index (κ3) is 3.95. The maximum atomic E-state index is 12.8. The predicted molar refractivity (Wildman–Crippen MR) is 115 cm³/mol. The summed E-state index contributed by atoms with van der Waals surface area (Å²) in [4.78, 5) is 26.6. The van der Waals surface area contributed by atoms with Gasteiger partial charge in [-0.25, -0.2) is 0 Å². The van der Waals surface area contributed by atoms with Gasteiger partial charge in [-0.1, -0.05) is 41.2 Å². The first-order chi connectivity index (χ1) is 14.3. The van der Waals surface area contributed by atoms with E-state index in [0.717, 1.165) is 24.9 Å². The normalized spacial score (nSPS) is 13.7. The van der Waals surface area contributed by atoms with Crippen LogP contribution in [0.3, 0.4) is 0 Å². The Bertz CT molecular complexity index is 1140. The van der Waals surface area contributed by atoms with Crippen LogP contribution < -0.4 is 10.00 Å². The molecule has 1 aliphatic rings. The Morgan fingerprint density at radius 2 is 1.73 bits per heavy atom. The molecule has 2 amide bonds. The van der Waals surface area contributed by atoms with Gasteiger partial charge in [-0.05, 0) is 60.1 Å². The Kier molecular flexibility index (Phi) is 5.82. The van der Waals surface area contributed by atoms with Crippen molar-refractivity contribution < 1.29 is 14.3 Å². The molecule has 0 unspecified atom stereocenters. The topological polar surface area (TPSA) is 67.9 Å². The molecule has 9 heteroatoms. The highest BCUT2D eigenvalue weighted by Crippen LogP contribution is 2.27. The van der Waals surface area contributed by atoms with E-state index in [4.69, 9.17) is 34.8 Å². The number of rotatable bonds is 4. The molecule has 4 rings (SSSR count). The van der Waals surface area contributed by atoms with Gasteiger partial charge in [0, 0.05) is 22.9 Å². The van der Waals surface area contributed by atoms with Gasteiger partial charge in [0.1, 0.15) is 5.69 Å². The summed E-state index contributed by atoms with van der Waals surface area (Å²) in [7, 11) is 0. The van der Waals surface area contributed by atoms with Crippen LogP contribution >= 0.6 is 34.8 Å². The number of hydrogen-bond donors (Lipinski definition) is 1. The Morgan fingerprint density at radius 3 is 2.33 bits per heavy atom. The van der Waals surface area contributed by atoms with Gasteiger partial charge in [-0.2, -0.15) is 0 Å². The zero-order valence-corrected chi connectivity index (χ0v) is 18.3. The summed E-state index contributed by atoms with van der Waals surface area (Å²) in [6, 6.07) is 12.1. The summed E-state index contributed by atoms with van der Waals surface area (Å²) in [5, 5.41) is 8.38. The predicted octanol–water partition coefficient (Wildman–Crippen LogP) is 4.47. The minimum Gasteiger partial charge on any atom is -0.289 e. The van der Waals surface area contributed by atoms with Crippen LogP contribution in [0.25, 0.3) is 11.4 Å². The molecule has 2 aromatic carbocycles. The molecule has 0 aliphatic heterocycles. The average molecular weight is 465 g/mol. The van der Waals surface area contributed by atoms with Crippen molar-refractivity contribution in [1.82, 2.24) is 15.2 Å². The van der Waals surface area contributed by atoms with E-state index < -0.39 is 5.91 Å². The van der Waals surface area contributed by atoms with Gasteiger partial charge in [-0.3, -0.25) is 14.9 Å². The number of imide groups is 1. The zero-order chi connectivity index (χ0) is 21.4. The largest absolute Gasteiger partial charge is 0.310 e. The highest BCUT2D eigenvalue weighted by Gasteiger charge is 2.34. The first kappa shape index (κ1) is 20.8. The van der Waals surface area contributed by atoms with Crippen molar-refractivity contribution >= 4 is 46.6 Å². The number of amides is 2. The van der Waals surface area contributed by atoms with E-state index in [1.165, 1.54) is 4.80 Å². The minimum atomic E-state index is -0.545. The molecule has 0 spiro atoms. The molecule has 0 saturated heterocycles. The number of nitrogens with one attached hydrogen (secondary N) is 1. The number of benzene rings is 2. The average Bonchev–Trinajstić information content (AvgIpc) is 2.98. The van der Waals surface area contributed by atoms with Crippen LogP contribution in [-0.2, 0) is 4.79 Å². The van der Waals surface area contributed by atoms with Crippen molar-refractivity contribution in [1.29, 1.82) is 0 Å². The molecule has 1 fully saturated rings. The molecule has 0 bridgehead atoms. The van der Waals surface area contributed by atoms with Gasteiger partial charge in [-0.15, -0.1) is 4.68 Å². The number of carbonyl (C=O) groups excluding carboxylic acids is 2. The summed E-state index contributed by atoms with van der Waals surface area (Å²) < 4.78 is 1.73. The van der Waals surface area contributed by atoms with Crippen molar-refractivity contribution in [2.45, 2.75) is 26.2 Å². The lowest BCUT2D eigenvalue weighted by atomic mass is 9.85. The lowest BCUT2D eigenvalue weighted by molar-refractivity contribution is -0.685. The number of aromatic nitrogens is 3. The van der Waals surface area contributed by atoms with Crippen molar-refractivity contribution in [3.8, 4) is 11.4 Å². The summed E-state index contributed by atoms with van der Waals surface area (Å²) >= 11 is 18.5. The molecule has 0 atom stereocenters. The molecular weight excluding hydrogens is 447 g/mol. The number of nitrogens with zero attached hydrogens (tertiary/aromatic N) is 3. The first-order valence-electron chi connectivity index (χ1n) is 9.43. The number of halogens is 3. The van der Waals surface area contributed by atoms with Gasteiger partial charge in [0.25, 0.3) is 0 Å². The quantitative estimate of drug-likeness (QED) is 0.457. The van der Waals surface area contributed by atoms with Crippen LogP contribution in [0.2, 0.25) is 15.1 Å². The number of hydrogen-bond acceptors (Lipinski definition) is 3. The molecule has 1 saturated carbocycles. The van der Waals surface area contributed by atoms with Crippen molar-refractivity contribution in [3.05, 3.63) is 68.9 Å². The Balaban J connectivity index is 1.81. The van der Waals surface area contributed by atoms with E-state index >= 15 is 0 Å². The van der Waals surface area contributed by atoms with E-state index in [-0.39, 0.29) is 17.5 Å². The standard InChI is InChI=1S/C21H17Cl3N4O2/c1-12-19(21(30)25-20(29)13-3-2-4-13)26-28(18-10-7-15(23)11-17(18)24)27(12)16-8-5-14(22)6-9-16/h5-11,13H,2-4H2,1H3/p+1. The van der Waals surface area contributed by atoms with Gasteiger partial charge in [0.05, 0.1) is 10.1 Å². The summed E-state index contributed by atoms with van der Waals surface area (Å²) in [6.45, 7) is 1.75. The van der Waals surface area contributed by atoms with E-state index in [1.807, 2.05) is 0 Å². The minimum absolute atomic E-state index is 0.106. The second-order valence-corrected chi connectivity index (χ2v) is 8.43. The molecule has 1 heterocycles. The van der Waals surface area contributed by atoms with Gasteiger partial charge in [0.15, 0.2) is 11.4 Å². The van der Waals surface area contributed by atoms with Crippen LogP contribution in [0, 0.1) is 12.8 Å². The molecule has 1 aliphatic carbocycles. The van der Waals surface area contributed by atoms with Gasteiger partial charge >= 0.3 is 11.6 Å².